The molecular formula is C15H19IN4. The molecule has 1 N–H and O–H groups in total. The van der Waals surface area contributed by atoms with Gasteiger partial charge < -0.3 is 5.32 Å². The van der Waals surface area contributed by atoms with Crippen molar-refractivity contribution < 1.29 is 0 Å². The van der Waals surface area contributed by atoms with Crippen molar-refractivity contribution in [2.24, 2.45) is 0 Å². The summed E-state index contributed by atoms with van der Waals surface area (Å²) in [5.41, 5.74) is 1.92. The maximum absolute atomic E-state index is 4.68. The minimum Gasteiger partial charge on any atom is -0.369 e. The third-order valence-electron chi connectivity index (χ3n) is 2.84. The first-order valence-corrected chi connectivity index (χ1v) is 8.05. The van der Waals surface area contributed by atoms with E-state index in [1.54, 1.807) is 6.20 Å². The Hall–Kier alpha value is -1.24. The Morgan fingerprint density at radius 3 is 2.65 bits per heavy atom. The maximum atomic E-state index is 4.68. The fourth-order valence-electron chi connectivity index (χ4n) is 1.87. The second-order valence-electron chi connectivity index (χ2n) is 4.55. The SMILES string of the molecule is CCCNc1nc(-c2ccccn2)nc(CCC)c1I. The van der Waals surface area contributed by atoms with Crippen LogP contribution in [0, 0.1) is 3.57 Å². The van der Waals surface area contributed by atoms with Gasteiger partial charge in [0.15, 0.2) is 5.82 Å². The Labute approximate surface area is 133 Å². The van der Waals surface area contributed by atoms with Crippen LogP contribution in [0.25, 0.3) is 11.5 Å². The highest BCUT2D eigenvalue weighted by Crippen LogP contribution is 2.24. The summed E-state index contributed by atoms with van der Waals surface area (Å²) < 4.78 is 1.12. The van der Waals surface area contributed by atoms with Crippen molar-refractivity contribution in [1.29, 1.82) is 0 Å². The molecule has 4 nitrogen and oxygen atoms in total. The number of rotatable bonds is 6. The zero-order valence-electron chi connectivity index (χ0n) is 11.9. The third kappa shape index (κ3) is 3.65. The first-order valence-electron chi connectivity index (χ1n) is 6.98. The van der Waals surface area contributed by atoms with Crippen LogP contribution in [0.5, 0.6) is 0 Å². The number of aromatic nitrogens is 3. The Morgan fingerprint density at radius 1 is 1.15 bits per heavy atom. The number of aryl methyl sites for hydroxylation is 1. The maximum Gasteiger partial charge on any atom is 0.180 e. The van der Waals surface area contributed by atoms with E-state index in [0.717, 1.165) is 46.6 Å². The lowest BCUT2D eigenvalue weighted by Gasteiger charge is -2.12. The van der Waals surface area contributed by atoms with Gasteiger partial charge in [0.1, 0.15) is 11.5 Å². The minimum absolute atomic E-state index is 0.702. The molecule has 106 valence electrons. The molecular weight excluding hydrogens is 363 g/mol. The quantitative estimate of drug-likeness (QED) is 0.770. The fourth-order valence-corrected chi connectivity index (χ4v) is 2.57. The van der Waals surface area contributed by atoms with Crippen LogP contribution in [-0.4, -0.2) is 21.5 Å². The molecule has 2 rings (SSSR count). The van der Waals surface area contributed by atoms with Crippen molar-refractivity contribution in [3.63, 3.8) is 0 Å². The molecule has 0 aliphatic rings. The summed E-state index contributed by atoms with van der Waals surface area (Å²) in [6, 6.07) is 5.81. The molecule has 20 heavy (non-hydrogen) atoms. The average Bonchev–Trinajstić information content (AvgIpc) is 2.49. The fraction of sp³-hybridized carbons (Fsp3) is 0.400. The standard InChI is InChI=1S/C15H19IN4/c1-3-7-11-13(16)15(18-9-4-2)20-14(19-11)12-8-5-6-10-17-12/h5-6,8,10H,3-4,7,9H2,1-2H3,(H,18,19,20). The molecule has 0 aromatic carbocycles. The lowest BCUT2D eigenvalue weighted by molar-refractivity contribution is 0.862. The highest BCUT2D eigenvalue weighted by Gasteiger charge is 2.13. The summed E-state index contributed by atoms with van der Waals surface area (Å²) >= 11 is 2.33. The van der Waals surface area contributed by atoms with Crippen LogP contribution in [-0.2, 0) is 6.42 Å². The first-order chi connectivity index (χ1) is 9.76. The smallest absolute Gasteiger partial charge is 0.180 e. The van der Waals surface area contributed by atoms with E-state index in [1.165, 1.54) is 0 Å². The van der Waals surface area contributed by atoms with E-state index >= 15 is 0 Å². The lowest BCUT2D eigenvalue weighted by atomic mass is 10.2. The molecule has 2 aromatic heterocycles. The van der Waals surface area contributed by atoms with E-state index in [0.29, 0.717) is 5.82 Å². The van der Waals surface area contributed by atoms with Crippen molar-refractivity contribution in [3.8, 4) is 11.5 Å². The van der Waals surface area contributed by atoms with Gasteiger partial charge in [-0.05, 0) is 47.6 Å². The van der Waals surface area contributed by atoms with Crippen molar-refractivity contribution >= 4 is 28.4 Å². The van der Waals surface area contributed by atoms with Crippen LogP contribution < -0.4 is 5.32 Å². The molecule has 0 atom stereocenters. The zero-order valence-corrected chi connectivity index (χ0v) is 14.0. The van der Waals surface area contributed by atoms with Gasteiger partial charge in [-0.15, -0.1) is 0 Å². The van der Waals surface area contributed by atoms with Gasteiger partial charge in [-0.25, -0.2) is 9.97 Å². The topological polar surface area (TPSA) is 50.7 Å². The van der Waals surface area contributed by atoms with Gasteiger partial charge in [0, 0.05) is 12.7 Å². The Kier molecular flexibility index (Phi) is 5.70. The number of pyridine rings is 1. The molecule has 0 spiro atoms. The average molecular weight is 382 g/mol. The summed E-state index contributed by atoms with van der Waals surface area (Å²) in [4.78, 5) is 13.7. The van der Waals surface area contributed by atoms with Gasteiger partial charge in [0.05, 0.1) is 9.26 Å². The number of anilines is 1. The number of hydrogen-bond donors (Lipinski definition) is 1. The molecule has 0 saturated carbocycles. The number of nitrogens with one attached hydrogen (secondary N) is 1. The van der Waals surface area contributed by atoms with Crippen LogP contribution in [0.3, 0.4) is 0 Å². The molecule has 0 bridgehead atoms. The van der Waals surface area contributed by atoms with Gasteiger partial charge in [0.25, 0.3) is 0 Å². The van der Waals surface area contributed by atoms with E-state index in [1.807, 2.05) is 18.2 Å². The third-order valence-corrected chi connectivity index (χ3v) is 3.98. The lowest BCUT2D eigenvalue weighted by Crippen LogP contribution is -2.09. The molecule has 2 aromatic rings. The molecule has 0 fully saturated rings. The number of halogens is 1. The van der Waals surface area contributed by atoms with Crippen molar-refractivity contribution in [3.05, 3.63) is 33.7 Å². The molecule has 0 unspecified atom stereocenters. The molecule has 0 radical (unpaired) electrons. The van der Waals surface area contributed by atoms with Crippen molar-refractivity contribution in [2.75, 3.05) is 11.9 Å². The molecule has 0 saturated heterocycles. The predicted molar refractivity (Wildman–Crippen MR) is 90.8 cm³/mol. The molecule has 2 heterocycles. The second-order valence-corrected chi connectivity index (χ2v) is 5.63. The Morgan fingerprint density at radius 2 is 2.00 bits per heavy atom. The van der Waals surface area contributed by atoms with E-state index in [9.17, 15) is 0 Å². The summed E-state index contributed by atoms with van der Waals surface area (Å²) in [5.74, 6) is 1.62. The van der Waals surface area contributed by atoms with Crippen LogP contribution >= 0.6 is 22.6 Å². The summed E-state index contributed by atoms with van der Waals surface area (Å²) in [6.45, 7) is 5.23. The largest absolute Gasteiger partial charge is 0.369 e. The Balaban J connectivity index is 2.44. The zero-order chi connectivity index (χ0) is 14.4. The minimum atomic E-state index is 0.702. The number of nitrogens with zero attached hydrogens (tertiary/aromatic N) is 3. The van der Waals surface area contributed by atoms with Crippen molar-refractivity contribution in [1.82, 2.24) is 15.0 Å². The van der Waals surface area contributed by atoms with Gasteiger partial charge in [-0.2, -0.15) is 0 Å². The van der Waals surface area contributed by atoms with E-state index in [4.69, 9.17) is 0 Å². The summed E-state index contributed by atoms with van der Waals surface area (Å²) in [5, 5.41) is 3.39. The first kappa shape index (κ1) is 15.2. The van der Waals surface area contributed by atoms with Crippen LogP contribution in [0.15, 0.2) is 24.4 Å². The van der Waals surface area contributed by atoms with Gasteiger partial charge in [-0.3, -0.25) is 4.98 Å². The van der Waals surface area contributed by atoms with Crippen LogP contribution in [0.1, 0.15) is 32.4 Å². The monoisotopic (exact) mass is 382 g/mol. The van der Waals surface area contributed by atoms with E-state index < -0.39 is 0 Å². The second kappa shape index (κ2) is 7.52. The molecule has 5 heteroatoms. The van der Waals surface area contributed by atoms with E-state index in [-0.39, 0.29) is 0 Å². The van der Waals surface area contributed by atoms with Gasteiger partial charge in [-0.1, -0.05) is 26.3 Å². The summed E-state index contributed by atoms with van der Waals surface area (Å²) in [6.07, 6.45) is 4.88. The van der Waals surface area contributed by atoms with E-state index in [2.05, 4.69) is 56.7 Å². The molecule has 0 aliphatic heterocycles. The number of hydrogen-bond acceptors (Lipinski definition) is 4. The van der Waals surface area contributed by atoms with Crippen LogP contribution in [0.2, 0.25) is 0 Å². The molecule has 0 amide bonds. The summed E-state index contributed by atoms with van der Waals surface area (Å²) in [7, 11) is 0. The van der Waals surface area contributed by atoms with Crippen LogP contribution in [0.4, 0.5) is 5.82 Å². The molecule has 0 aliphatic carbocycles. The predicted octanol–water partition coefficient (Wildman–Crippen LogP) is 3.92. The highest BCUT2D eigenvalue weighted by atomic mass is 127. The highest BCUT2D eigenvalue weighted by molar-refractivity contribution is 14.1. The van der Waals surface area contributed by atoms with Gasteiger partial charge >= 0.3 is 0 Å². The van der Waals surface area contributed by atoms with Crippen molar-refractivity contribution in [2.45, 2.75) is 33.1 Å². The van der Waals surface area contributed by atoms with Gasteiger partial charge in [0.2, 0.25) is 0 Å². The Bertz CT molecular complexity index is 557. The normalized spacial score (nSPS) is 10.6.